The first kappa shape index (κ1) is 12.5. The number of rotatable bonds is 5. The molecule has 1 heterocycles. The Hall–Kier alpha value is -0.580. The van der Waals surface area contributed by atoms with Crippen LogP contribution in [-0.4, -0.2) is 29.0 Å². The number of nitrogens with zero attached hydrogens (tertiary/aromatic N) is 1. The van der Waals surface area contributed by atoms with Gasteiger partial charge in [0.25, 0.3) is 0 Å². The molecule has 0 saturated carbocycles. The highest BCUT2D eigenvalue weighted by Gasteiger charge is 2.07. The minimum Gasteiger partial charge on any atom is -0.395 e. The Bertz CT molecular complexity index is 306. The lowest BCUT2D eigenvalue weighted by Crippen LogP contribution is -2.12. The molecule has 3 nitrogen and oxygen atoms in total. The summed E-state index contributed by atoms with van der Waals surface area (Å²) in [5, 5.41) is 13.3. The molecule has 0 spiro atoms. The van der Waals surface area contributed by atoms with E-state index in [1.807, 2.05) is 26.2 Å². The second kappa shape index (κ2) is 6.10. The lowest BCUT2D eigenvalue weighted by molar-refractivity contribution is 0.300. The fourth-order valence-corrected chi connectivity index (χ4v) is 1.98. The Kier molecular flexibility index (Phi) is 5.08. The fraction of sp³-hybridized carbons (Fsp3) is 0.545. The van der Waals surface area contributed by atoms with Crippen LogP contribution in [0.5, 0.6) is 0 Å². The van der Waals surface area contributed by atoms with Crippen molar-refractivity contribution in [1.29, 1.82) is 0 Å². The molecule has 0 saturated heterocycles. The molecule has 4 heteroatoms. The first-order valence-electron chi connectivity index (χ1n) is 5.08. The van der Waals surface area contributed by atoms with Crippen molar-refractivity contribution in [3.8, 4) is 0 Å². The minimum absolute atomic E-state index is 0.179. The van der Waals surface area contributed by atoms with Gasteiger partial charge in [-0.05, 0) is 31.7 Å². The van der Waals surface area contributed by atoms with Gasteiger partial charge in [-0.2, -0.15) is 0 Å². The van der Waals surface area contributed by atoms with Gasteiger partial charge in [0.05, 0.1) is 11.6 Å². The normalized spacial score (nSPS) is 14.9. The number of thioether (sulfide) groups is 1. The van der Waals surface area contributed by atoms with Gasteiger partial charge in [0.1, 0.15) is 0 Å². The van der Waals surface area contributed by atoms with Crippen molar-refractivity contribution >= 4 is 11.8 Å². The van der Waals surface area contributed by atoms with E-state index < -0.39 is 0 Å². The largest absolute Gasteiger partial charge is 0.395 e. The zero-order chi connectivity index (χ0) is 11.3. The summed E-state index contributed by atoms with van der Waals surface area (Å²) in [6.07, 6.45) is 1.82. The van der Waals surface area contributed by atoms with Gasteiger partial charge >= 0.3 is 0 Å². The SMILES string of the molecule is CNC(C)c1ccnc(SC(C)CO)c1. The zero-order valence-corrected chi connectivity index (χ0v) is 10.2. The van der Waals surface area contributed by atoms with Crippen molar-refractivity contribution < 1.29 is 5.11 Å². The topological polar surface area (TPSA) is 45.2 Å². The molecule has 0 amide bonds. The molecule has 0 aromatic carbocycles. The fourth-order valence-electron chi connectivity index (χ4n) is 1.17. The number of aliphatic hydroxyl groups is 1. The number of hydrogen-bond donors (Lipinski definition) is 2. The molecule has 2 atom stereocenters. The van der Waals surface area contributed by atoms with Gasteiger partial charge in [-0.25, -0.2) is 4.98 Å². The molecule has 0 aliphatic heterocycles. The highest BCUT2D eigenvalue weighted by atomic mass is 32.2. The van der Waals surface area contributed by atoms with E-state index in [1.54, 1.807) is 11.8 Å². The van der Waals surface area contributed by atoms with E-state index in [0.717, 1.165) is 5.03 Å². The van der Waals surface area contributed by atoms with Crippen molar-refractivity contribution in [3.05, 3.63) is 23.9 Å². The van der Waals surface area contributed by atoms with Crippen LogP contribution in [0.1, 0.15) is 25.5 Å². The lowest BCUT2D eigenvalue weighted by atomic mass is 10.1. The van der Waals surface area contributed by atoms with E-state index in [4.69, 9.17) is 5.11 Å². The number of aromatic nitrogens is 1. The van der Waals surface area contributed by atoms with Crippen molar-refractivity contribution in [2.75, 3.05) is 13.7 Å². The Balaban J connectivity index is 2.74. The summed E-state index contributed by atoms with van der Waals surface area (Å²) in [5.74, 6) is 0. The van der Waals surface area contributed by atoms with Crippen molar-refractivity contribution in [2.24, 2.45) is 0 Å². The van der Waals surface area contributed by atoms with Crippen LogP contribution in [0.2, 0.25) is 0 Å². The van der Waals surface area contributed by atoms with Crippen molar-refractivity contribution in [1.82, 2.24) is 10.3 Å². The molecule has 0 aliphatic carbocycles. The molecule has 1 aromatic rings. The summed E-state index contributed by atoms with van der Waals surface area (Å²) >= 11 is 1.60. The number of nitrogens with one attached hydrogen (secondary N) is 1. The molecule has 0 aliphatic rings. The van der Waals surface area contributed by atoms with Crippen LogP contribution in [-0.2, 0) is 0 Å². The maximum absolute atomic E-state index is 8.96. The van der Waals surface area contributed by atoms with Crippen LogP contribution in [0.4, 0.5) is 0 Å². The average Bonchev–Trinajstić information content (AvgIpc) is 2.28. The van der Waals surface area contributed by atoms with Crippen LogP contribution in [0.15, 0.2) is 23.4 Å². The average molecular weight is 226 g/mol. The summed E-state index contributed by atoms with van der Waals surface area (Å²) in [7, 11) is 1.94. The smallest absolute Gasteiger partial charge is 0.0966 e. The summed E-state index contributed by atoms with van der Waals surface area (Å²) in [6.45, 7) is 4.28. The summed E-state index contributed by atoms with van der Waals surface area (Å²) in [5.41, 5.74) is 1.22. The van der Waals surface area contributed by atoms with Crippen LogP contribution >= 0.6 is 11.8 Å². The van der Waals surface area contributed by atoms with Crippen molar-refractivity contribution in [3.63, 3.8) is 0 Å². The molecule has 0 radical (unpaired) electrons. The van der Waals surface area contributed by atoms with Crippen LogP contribution in [0.3, 0.4) is 0 Å². The minimum atomic E-state index is 0.179. The molecule has 1 aromatic heterocycles. The molecule has 1 rings (SSSR count). The molecule has 84 valence electrons. The zero-order valence-electron chi connectivity index (χ0n) is 9.40. The second-order valence-corrected chi connectivity index (χ2v) is 5.01. The monoisotopic (exact) mass is 226 g/mol. The second-order valence-electron chi connectivity index (χ2n) is 3.55. The van der Waals surface area contributed by atoms with Crippen LogP contribution in [0, 0.1) is 0 Å². The van der Waals surface area contributed by atoms with Crippen LogP contribution in [0.25, 0.3) is 0 Å². The van der Waals surface area contributed by atoms with Crippen molar-refractivity contribution in [2.45, 2.75) is 30.2 Å². The van der Waals surface area contributed by atoms with E-state index in [9.17, 15) is 0 Å². The van der Waals surface area contributed by atoms with Gasteiger partial charge in [-0.15, -0.1) is 11.8 Å². The molecular weight excluding hydrogens is 208 g/mol. The number of pyridine rings is 1. The summed E-state index contributed by atoms with van der Waals surface area (Å²) in [4.78, 5) is 4.27. The number of aliphatic hydroxyl groups excluding tert-OH is 1. The third-order valence-electron chi connectivity index (χ3n) is 2.27. The summed E-state index contributed by atoms with van der Waals surface area (Å²) in [6, 6.07) is 4.41. The van der Waals surface area contributed by atoms with E-state index >= 15 is 0 Å². The predicted molar refractivity (Wildman–Crippen MR) is 64.1 cm³/mol. The third kappa shape index (κ3) is 3.81. The Morgan fingerprint density at radius 2 is 2.27 bits per heavy atom. The Morgan fingerprint density at radius 1 is 1.53 bits per heavy atom. The van der Waals surface area contributed by atoms with Gasteiger partial charge in [-0.3, -0.25) is 0 Å². The van der Waals surface area contributed by atoms with Crippen LogP contribution < -0.4 is 5.32 Å². The van der Waals surface area contributed by atoms with E-state index in [2.05, 4.69) is 23.3 Å². The Labute approximate surface area is 95.3 Å². The molecule has 15 heavy (non-hydrogen) atoms. The first-order chi connectivity index (χ1) is 7.17. The summed E-state index contributed by atoms with van der Waals surface area (Å²) < 4.78 is 0. The molecule has 2 unspecified atom stereocenters. The maximum atomic E-state index is 8.96. The van der Waals surface area contributed by atoms with Gasteiger partial charge in [0.2, 0.25) is 0 Å². The van der Waals surface area contributed by atoms with E-state index in [1.165, 1.54) is 5.56 Å². The van der Waals surface area contributed by atoms with Gasteiger partial charge in [-0.1, -0.05) is 6.92 Å². The highest BCUT2D eigenvalue weighted by Crippen LogP contribution is 2.23. The predicted octanol–water partition coefficient (Wildman–Crippen LogP) is 1.83. The van der Waals surface area contributed by atoms with Gasteiger partial charge in [0.15, 0.2) is 0 Å². The van der Waals surface area contributed by atoms with Gasteiger partial charge < -0.3 is 10.4 Å². The third-order valence-corrected chi connectivity index (χ3v) is 3.29. The maximum Gasteiger partial charge on any atom is 0.0966 e. The van der Waals surface area contributed by atoms with Gasteiger partial charge in [0, 0.05) is 17.5 Å². The quantitative estimate of drug-likeness (QED) is 0.752. The molecule has 0 fully saturated rings. The number of hydrogen-bond acceptors (Lipinski definition) is 4. The Morgan fingerprint density at radius 3 is 2.87 bits per heavy atom. The standard InChI is InChI=1S/C11H18N2OS/c1-8(7-14)15-11-6-10(4-5-13-11)9(2)12-3/h4-6,8-9,12,14H,7H2,1-3H3. The highest BCUT2D eigenvalue weighted by molar-refractivity contribution is 7.99. The van der Waals surface area contributed by atoms with E-state index in [0.29, 0.717) is 6.04 Å². The van der Waals surface area contributed by atoms with E-state index in [-0.39, 0.29) is 11.9 Å². The molecule has 0 bridgehead atoms. The molecule has 2 N–H and O–H groups in total. The first-order valence-corrected chi connectivity index (χ1v) is 5.96. The lowest BCUT2D eigenvalue weighted by Gasteiger charge is -2.12. The molecular formula is C11H18N2OS.